The number of Topliss-reactive ketones (excluding diaryl/α,β-unsaturated/α-hetero) is 1. The van der Waals surface area contributed by atoms with Crippen molar-refractivity contribution in [1.82, 2.24) is 4.57 Å². The Balaban J connectivity index is 2.35. The Morgan fingerprint density at radius 1 is 1.33 bits per heavy atom. The molecule has 0 aliphatic heterocycles. The predicted octanol–water partition coefficient (Wildman–Crippen LogP) is 2.71. The van der Waals surface area contributed by atoms with E-state index in [1.807, 2.05) is 6.92 Å². The van der Waals surface area contributed by atoms with E-state index in [0.29, 0.717) is 5.56 Å². The third kappa shape index (κ3) is 3.43. The van der Waals surface area contributed by atoms with Crippen LogP contribution in [0.3, 0.4) is 0 Å². The maximum Gasteiger partial charge on any atom is 0.286 e. The van der Waals surface area contributed by atoms with Crippen LogP contribution >= 0.6 is 15.9 Å². The van der Waals surface area contributed by atoms with E-state index in [0.717, 1.165) is 22.4 Å². The van der Waals surface area contributed by atoms with Gasteiger partial charge in [-0.25, -0.2) is 0 Å². The molecule has 0 unspecified atom stereocenters. The summed E-state index contributed by atoms with van der Waals surface area (Å²) in [5.74, 6) is -0.288. The number of carbonyl (C=O) groups is 1. The van der Waals surface area contributed by atoms with Gasteiger partial charge < -0.3 is 0 Å². The lowest BCUT2D eigenvalue weighted by Crippen LogP contribution is -2.24. The van der Waals surface area contributed by atoms with Gasteiger partial charge in [0.05, 0.1) is 22.1 Å². The highest BCUT2D eigenvalue weighted by Crippen LogP contribution is 2.14. The number of pyridine rings is 1. The van der Waals surface area contributed by atoms with Gasteiger partial charge in [0.2, 0.25) is 0 Å². The molecular weight excluding hydrogens is 340 g/mol. The van der Waals surface area contributed by atoms with Crippen molar-refractivity contribution in [3.63, 3.8) is 0 Å². The summed E-state index contributed by atoms with van der Waals surface area (Å²) in [6, 6.07) is 8.03. The van der Waals surface area contributed by atoms with Gasteiger partial charge in [-0.2, -0.15) is 0 Å². The van der Waals surface area contributed by atoms with Crippen molar-refractivity contribution in [3.05, 3.63) is 72.6 Å². The first-order valence-electron chi connectivity index (χ1n) is 6.02. The van der Waals surface area contributed by atoms with Gasteiger partial charge in [-0.15, -0.1) is 0 Å². The Kier molecular flexibility index (Phi) is 4.32. The summed E-state index contributed by atoms with van der Waals surface area (Å²) in [5, 5.41) is 10.8. The molecule has 1 aromatic heterocycles. The molecule has 0 radical (unpaired) electrons. The van der Waals surface area contributed by atoms with E-state index in [2.05, 4.69) is 15.9 Å². The van der Waals surface area contributed by atoms with E-state index in [4.69, 9.17) is 0 Å². The highest BCUT2D eigenvalue weighted by atomic mass is 79.9. The first-order valence-corrected chi connectivity index (χ1v) is 6.82. The van der Waals surface area contributed by atoms with Crippen molar-refractivity contribution in [2.45, 2.75) is 13.5 Å². The number of aromatic nitrogens is 1. The normalized spacial score (nSPS) is 10.4. The molecular formula is C14H11BrN2O4. The monoisotopic (exact) mass is 350 g/mol. The van der Waals surface area contributed by atoms with Crippen molar-refractivity contribution in [2.75, 3.05) is 0 Å². The second-order valence-corrected chi connectivity index (χ2v) is 5.38. The van der Waals surface area contributed by atoms with Crippen molar-refractivity contribution in [3.8, 4) is 0 Å². The van der Waals surface area contributed by atoms with E-state index in [1.54, 1.807) is 24.3 Å². The van der Waals surface area contributed by atoms with E-state index < -0.39 is 10.5 Å². The van der Waals surface area contributed by atoms with E-state index >= 15 is 0 Å². The van der Waals surface area contributed by atoms with Gasteiger partial charge in [0.25, 0.3) is 11.2 Å². The summed E-state index contributed by atoms with van der Waals surface area (Å²) >= 11 is 2.97. The molecule has 2 aromatic rings. The van der Waals surface area contributed by atoms with E-state index in [1.165, 1.54) is 0 Å². The number of benzene rings is 1. The van der Waals surface area contributed by atoms with E-state index in [-0.39, 0.29) is 22.5 Å². The van der Waals surface area contributed by atoms with Gasteiger partial charge in [0.15, 0.2) is 5.78 Å². The fraction of sp³-hybridized carbons (Fsp3) is 0.143. The van der Waals surface area contributed by atoms with E-state index in [9.17, 15) is 19.7 Å². The lowest BCUT2D eigenvalue weighted by molar-refractivity contribution is -0.385. The molecule has 1 heterocycles. The molecule has 21 heavy (non-hydrogen) atoms. The summed E-state index contributed by atoms with van der Waals surface area (Å²) in [6.45, 7) is 1.65. The standard InChI is InChI=1S/C14H11BrN2O4/c1-9-2-4-10(5-3-9)13(18)8-16-7-11(17(20)21)6-12(15)14(16)19/h2-7H,8H2,1H3. The fourth-order valence-electron chi connectivity index (χ4n) is 1.79. The Hall–Kier alpha value is -2.28. The lowest BCUT2D eigenvalue weighted by atomic mass is 10.1. The molecule has 6 nitrogen and oxygen atoms in total. The molecule has 0 spiro atoms. The first kappa shape index (κ1) is 15.1. The highest BCUT2D eigenvalue weighted by Gasteiger charge is 2.15. The van der Waals surface area contributed by atoms with Crippen LogP contribution in [-0.4, -0.2) is 15.3 Å². The van der Waals surface area contributed by atoms with Crippen molar-refractivity contribution in [1.29, 1.82) is 0 Å². The van der Waals surface area contributed by atoms with Crippen LogP contribution in [0.1, 0.15) is 15.9 Å². The summed E-state index contributed by atoms with van der Waals surface area (Å²) in [6.07, 6.45) is 1.07. The minimum Gasteiger partial charge on any atom is -0.300 e. The molecule has 0 fully saturated rings. The molecule has 0 aliphatic carbocycles. The van der Waals surface area contributed by atoms with Gasteiger partial charge >= 0.3 is 0 Å². The van der Waals surface area contributed by atoms with Crippen molar-refractivity contribution in [2.24, 2.45) is 0 Å². The molecule has 0 bridgehead atoms. The molecule has 0 saturated heterocycles. The summed E-state index contributed by atoms with van der Waals surface area (Å²) in [4.78, 5) is 34.2. The number of aryl methyl sites for hydroxylation is 1. The minimum atomic E-state index is -0.614. The third-order valence-corrected chi connectivity index (χ3v) is 3.49. The van der Waals surface area contributed by atoms with Crippen LogP contribution in [0, 0.1) is 17.0 Å². The number of ketones is 1. The second-order valence-electron chi connectivity index (χ2n) is 4.53. The zero-order valence-electron chi connectivity index (χ0n) is 11.1. The molecule has 0 atom stereocenters. The number of rotatable bonds is 4. The maximum atomic E-state index is 12.1. The summed E-state index contributed by atoms with van der Waals surface area (Å²) < 4.78 is 1.08. The topological polar surface area (TPSA) is 82.2 Å². The predicted molar refractivity (Wildman–Crippen MR) is 80.6 cm³/mol. The average Bonchev–Trinajstić information content (AvgIpc) is 2.44. The first-order chi connectivity index (χ1) is 9.88. The molecule has 7 heteroatoms. The summed E-state index contributed by atoms with van der Waals surface area (Å²) in [7, 11) is 0. The molecule has 0 amide bonds. The van der Waals surface area contributed by atoms with Crippen LogP contribution in [0.25, 0.3) is 0 Å². The van der Waals surface area contributed by atoms with Crippen molar-refractivity contribution < 1.29 is 9.72 Å². The van der Waals surface area contributed by atoms with Crippen LogP contribution in [0.4, 0.5) is 5.69 Å². The molecule has 2 rings (SSSR count). The molecule has 0 aliphatic rings. The number of hydrogen-bond donors (Lipinski definition) is 0. The quantitative estimate of drug-likeness (QED) is 0.482. The Morgan fingerprint density at radius 3 is 2.52 bits per heavy atom. The average molecular weight is 351 g/mol. The number of carbonyl (C=O) groups excluding carboxylic acids is 1. The molecule has 0 N–H and O–H groups in total. The largest absolute Gasteiger partial charge is 0.300 e. The number of nitrogens with zero attached hydrogens (tertiary/aromatic N) is 2. The zero-order valence-corrected chi connectivity index (χ0v) is 12.7. The van der Waals surface area contributed by atoms with Gasteiger partial charge in [-0.3, -0.25) is 24.3 Å². The number of halogens is 1. The van der Waals surface area contributed by atoms with Crippen LogP contribution in [0.5, 0.6) is 0 Å². The zero-order chi connectivity index (χ0) is 15.6. The Labute approximate surface area is 128 Å². The molecule has 0 saturated carbocycles. The SMILES string of the molecule is Cc1ccc(C(=O)Cn2cc([N+](=O)[O-])cc(Br)c2=O)cc1. The third-order valence-electron chi connectivity index (χ3n) is 2.93. The molecule has 108 valence electrons. The number of hydrogen-bond acceptors (Lipinski definition) is 4. The lowest BCUT2D eigenvalue weighted by Gasteiger charge is -2.06. The van der Waals surface area contributed by atoms with Gasteiger partial charge in [-0.1, -0.05) is 29.8 Å². The van der Waals surface area contributed by atoms with Gasteiger partial charge in [0, 0.05) is 11.6 Å². The van der Waals surface area contributed by atoms with Gasteiger partial charge in [0.1, 0.15) is 0 Å². The Bertz CT molecular complexity index is 766. The van der Waals surface area contributed by atoms with Crippen molar-refractivity contribution >= 4 is 27.4 Å². The highest BCUT2D eigenvalue weighted by molar-refractivity contribution is 9.10. The summed E-state index contributed by atoms with van der Waals surface area (Å²) in [5.41, 5.74) is 0.733. The van der Waals surface area contributed by atoms with Gasteiger partial charge in [-0.05, 0) is 22.9 Å². The van der Waals surface area contributed by atoms with Crippen LogP contribution in [-0.2, 0) is 6.54 Å². The van der Waals surface area contributed by atoms with Crippen LogP contribution in [0.2, 0.25) is 0 Å². The number of nitro groups is 1. The minimum absolute atomic E-state index is 0.0495. The van der Waals surface area contributed by atoms with Crippen LogP contribution < -0.4 is 5.56 Å². The smallest absolute Gasteiger partial charge is 0.286 e. The second kappa shape index (κ2) is 6.01. The fourth-order valence-corrected chi connectivity index (χ4v) is 2.25. The maximum absolute atomic E-state index is 12.1. The molecule has 1 aromatic carbocycles. The Morgan fingerprint density at radius 2 is 1.95 bits per heavy atom. The van der Waals surface area contributed by atoms with Crippen LogP contribution in [0.15, 0.2) is 45.8 Å².